The first-order chi connectivity index (χ1) is 32.2. The summed E-state index contributed by atoms with van der Waals surface area (Å²) in [4.78, 5) is 23.2. The van der Waals surface area contributed by atoms with Crippen molar-refractivity contribution >= 4 is 33.9 Å². The van der Waals surface area contributed by atoms with Crippen molar-refractivity contribution in [2.24, 2.45) is 11.5 Å². The summed E-state index contributed by atoms with van der Waals surface area (Å²) in [6, 6.07) is 44.1. The molecule has 11 nitrogen and oxygen atoms in total. The van der Waals surface area contributed by atoms with E-state index >= 15 is 0 Å². The number of hydrogen-bond donors (Lipinski definition) is 3. The smallest absolute Gasteiger partial charge is 0.870 e. The molecule has 2 fully saturated rings. The van der Waals surface area contributed by atoms with Gasteiger partial charge in [0.2, 0.25) is 0 Å². The first-order valence-corrected chi connectivity index (χ1v) is 22.8. The van der Waals surface area contributed by atoms with Gasteiger partial charge in [-0.05, 0) is 127 Å². The van der Waals surface area contributed by atoms with Crippen molar-refractivity contribution in [1.82, 2.24) is 0 Å². The van der Waals surface area contributed by atoms with Crippen molar-refractivity contribution in [2.45, 2.75) is 83.6 Å². The molecule has 2 aliphatic rings. The Morgan fingerprint density at radius 1 is 0.588 bits per heavy atom. The van der Waals surface area contributed by atoms with E-state index in [1.165, 1.54) is 25.7 Å². The summed E-state index contributed by atoms with van der Waals surface area (Å²) in [7, 11) is 0. The number of furan rings is 2. The van der Waals surface area contributed by atoms with Gasteiger partial charge in [0.1, 0.15) is 47.4 Å². The van der Waals surface area contributed by atoms with Gasteiger partial charge in [-0.25, -0.2) is 0 Å². The van der Waals surface area contributed by atoms with Gasteiger partial charge in [-0.3, -0.25) is 9.59 Å². The molecule has 0 amide bonds. The molecule has 8 aromatic rings. The van der Waals surface area contributed by atoms with Crippen LogP contribution in [0.3, 0.4) is 0 Å². The van der Waals surface area contributed by atoms with Gasteiger partial charge in [0.05, 0.1) is 19.4 Å². The molecule has 12 heteroatoms. The van der Waals surface area contributed by atoms with E-state index in [0.29, 0.717) is 61.8 Å². The number of carboxylic acid groups (broad SMARTS) is 1. The van der Waals surface area contributed by atoms with Crippen LogP contribution in [0, 0.1) is 0 Å². The average molecular weight is 923 g/mol. The number of carboxylic acids is 1. The summed E-state index contributed by atoms with van der Waals surface area (Å²) in [6.07, 6.45) is 4.84. The van der Waals surface area contributed by atoms with Gasteiger partial charge in [0.25, 0.3) is 0 Å². The molecule has 2 heterocycles. The van der Waals surface area contributed by atoms with Gasteiger partial charge in [-0.1, -0.05) is 72.8 Å². The average Bonchev–Trinajstić information content (AvgIpc) is 4.28. The maximum Gasteiger partial charge on any atom is 1.00 e. The Bertz CT molecular complexity index is 3020. The summed E-state index contributed by atoms with van der Waals surface area (Å²) in [5.74, 6) is 3.30. The number of nitrogens with two attached hydrogens (primary N) is 2. The van der Waals surface area contributed by atoms with Crippen LogP contribution in [0.2, 0.25) is 0 Å². The second-order valence-electron chi connectivity index (χ2n) is 17.1. The fourth-order valence-corrected chi connectivity index (χ4v) is 8.37. The van der Waals surface area contributed by atoms with Gasteiger partial charge >= 0.3 is 41.5 Å². The number of para-hydroxylation sites is 2. The van der Waals surface area contributed by atoms with Crippen LogP contribution in [0.15, 0.2) is 142 Å². The summed E-state index contributed by atoms with van der Waals surface area (Å²) >= 11 is 0. The normalized spacial score (nSPS) is 12.9. The third-order valence-corrected chi connectivity index (χ3v) is 12.0. The molecule has 2 aliphatic carbocycles. The van der Waals surface area contributed by atoms with Crippen molar-refractivity contribution in [3.8, 4) is 33.8 Å². The number of esters is 1. The molecular weight excluding hydrogens is 868 g/mol. The molecule has 0 saturated heterocycles. The number of rotatable bonds is 17. The van der Waals surface area contributed by atoms with Crippen LogP contribution in [-0.4, -0.2) is 29.1 Å². The largest absolute Gasteiger partial charge is 1.00 e. The Morgan fingerprint density at radius 3 is 1.47 bits per heavy atom. The Balaban J connectivity index is 0.000000196. The summed E-state index contributed by atoms with van der Waals surface area (Å²) < 4.78 is 30.0. The van der Waals surface area contributed by atoms with Gasteiger partial charge in [-0.15, -0.1) is 0 Å². The fraction of sp³-hybridized carbons (Fsp3) is 0.250. The molecule has 10 rings (SSSR count). The number of hydrogen-bond acceptors (Lipinski definition) is 10. The molecule has 68 heavy (non-hydrogen) atoms. The molecule has 6 aromatic carbocycles. The van der Waals surface area contributed by atoms with Gasteiger partial charge in [0.15, 0.2) is 0 Å². The van der Waals surface area contributed by atoms with Gasteiger partial charge in [-0.2, -0.15) is 0 Å². The van der Waals surface area contributed by atoms with Crippen molar-refractivity contribution in [1.29, 1.82) is 0 Å². The molecule has 2 aromatic heterocycles. The van der Waals surface area contributed by atoms with E-state index in [1.807, 2.05) is 73.7 Å². The van der Waals surface area contributed by atoms with Crippen LogP contribution < -0.4 is 50.5 Å². The van der Waals surface area contributed by atoms with Gasteiger partial charge in [0, 0.05) is 58.0 Å². The topological polar surface area (TPSA) is 190 Å². The number of carbonyl (C=O) groups is 2. The number of fused-ring (bicyclic) bond motifs is 2. The third kappa shape index (κ3) is 12.1. The molecular formula is C56H55N2NaO9. The molecule has 0 bridgehead atoms. The van der Waals surface area contributed by atoms with Crippen molar-refractivity contribution < 1.29 is 72.8 Å². The predicted molar refractivity (Wildman–Crippen MR) is 258 cm³/mol. The van der Waals surface area contributed by atoms with Crippen LogP contribution in [0.1, 0.15) is 89.3 Å². The molecule has 6 N–H and O–H groups in total. The first kappa shape index (κ1) is 49.7. The van der Waals surface area contributed by atoms with Crippen molar-refractivity contribution in [3.63, 3.8) is 0 Å². The Morgan fingerprint density at radius 2 is 1.04 bits per heavy atom. The minimum Gasteiger partial charge on any atom is -0.870 e. The monoisotopic (exact) mass is 922 g/mol. The van der Waals surface area contributed by atoms with E-state index in [1.54, 1.807) is 6.07 Å². The van der Waals surface area contributed by atoms with Crippen LogP contribution >= 0.6 is 0 Å². The zero-order valence-electron chi connectivity index (χ0n) is 38.5. The summed E-state index contributed by atoms with van der Waals surface area (Å²) in [6.45, 7) is 3.85. The Hall–Kier alpha value is -6.18. The van der Waals surface area contributed by atoms with Crippen LogP contribution in [0.4, 0.5) is 0 Å². The molecule has 0 aliphatic heterocycles. The number of carbonyl (C=O) groups excluding carboxylic acids is 1. The maximum absolute atomic E-state index is 12.0. The van der Waals surface area contributed by atoms with E-state index in [-0.39, 0.29) is 53.8 Å². The van der Waals surface area contributed by atoms with Crippen LogP contribution in [0.25, 0.3) is 44.2 Å². The van der Waals surface area contributed by atoms with E-state index in [9.17, 15) is 14.7 Å². The van der Waals surface area contributed by atoms with E-state index < -0.39 is 5.97 Å². The van der Waals surface area contributed by atoms with Crippen LogP contribution in [-0.2, 0) is 53.5 Å². The summed E-state index contributed by atoms with van der Waals surface area (Å²) in [5, 5.41) is 11.3. The fourth-order valence-electron chi connectivity index (χ4n) is 8.37. The molecule has 344 valence electrons. The molecule has 2 saturated carbocycles. The number of ether oxygens (including phenoxy) is 3. The second-order valence-corrected chi connectivity index (χ2v) is 17.1. The van der Waals surface area contributed by atoms with Crippen LogP contribution in [0.5, 0.6) is 11.5 Å². The zero-order chi connectivity index (χ0) is 45.6. The second kappa shape index (κ2) is 22.7. The van der Waals surface area contributed by atoms with E-state index in [0.717, 1.165) is 83.5 Å². The Kier molecular flexibility index (Phi) is 16.6. The van der Waals surface area contributed by atoms with Gasteiger partial charge < -0.3 is 45.1 Å². The summed E-state index contributed by atoms with van der Waals surface area (Å²) in [5.41, 5.74) is 23.4. The van der Waals surface area contributed by atoms with Crippen molar-refractivity contribution in [2.75, 3.05) is 6.61 Å². The number of aliphatic carboxylic acids is 1. The first-order valence-electron chi connectivity index (χ1n) is 22.8. The predicted octanol–water partition coefficient (Wildman–Crippen LogP) is 8.59. The standard InChI is InChI=1S/C29H29NO4.C27H25NO4.Na.H2O/c1-2-32-28(31)16-23-7-3-4-9-26(23)33-18-20-13-24-15-27(21-10-11-21)34-29(24)25(14-20)22-8-5-6-19(12-22)17-30;28-15-17-4-3-6-20(10-17)23-12-18(11-22-13-25(19-8-9-19)32-27(22)23)16-31-24-7-2-1-5-21(24)14-26(29)30;;/h3-9,12-15,21H,2,10-11,16-18,30H2,1H3;1-7,10-13,19H,8-9,14-16,28H2,(H,29,30);;1H2/q;;+1;/p-1. The molecule has 0 atom stereocenters. The molecule has 0 radical (unpaired) electrons. The van der Waals surface area contributed by atoms with E-state index in [2.05, 4.69) is 60.7 Å². The maximum atomic E-state index is 12.0. The quantitative estimate of drug-likeness (QED) is 0.0586. The third-order valence-electron chi connectivity index (χ3n) is 12.0. The SMILES string of the molecule is CCOC(=O)Cc1ccccc1OCc1cc(-c2cccc(CN)c2)c2oc(C3CC3)cc2c1.NCc1cccc(-c2cc(COc3ccccc3CC(=O)O)cc3cc(C4CC4)oc23)c1.[Na+].[OH-]. The molecule has 0 unspecified atom stereocenters. The zero-order valence-corrected chi connectivity index (χ0v) is 40.5. The minimum atomic E-state index is -0.879. The minimum absolute atomic E-state index is 0. The van der Waals surface area contributed by atoms with E-state index in [4.69, 9.17) is 34.5 Å². The molecule has 0 spiro atoms. The number of benzene rings is 6. The Labute approximate surface area is 418 Å². The van der Waals surface area contributed by atoms with Crippen molar-refractivity contribution in [3.05, 3.63) is 178 Å².